The maximum absolute atomic E-state index is 14.4. The molecular weight excluding hydrogens is 374 g/mol. The maximum atomic E-state index is 14.4. The van der Waals surface area contributed by atoms with E-state index in [-0.39, 0.29) is 24.0 Å². The lowest BCUT2D eigenvalue weighted by Crippen LogP contribution is -2.45. The van der Waals surface area contributed by atoms with Crippen molar-refractivity contribution in [1.82, 2.24) is 10.2 Å². The Hall–Kier alpha value is -0.230. The van der Waals surface area contributed by atoms with Crippen molar-refractivity contribution in [2.45, 2.75) is 38.6 Å². The molecule has 0 bridgehead atoms. The first-order valence-electron chi connectivity index (χ1n) is 7.73. The number of hydrogen-bond donors (Lipinski definition) is 1. The Labute approximate surface area is 146 Å². The fraction of sp³-hybridized carbons (Fsp3) is 0.625. The van der Waals surface area contributed by atoms with Crippen LogP contribution in [0.3, 0.4) is 0 Å². The first kappa shape index (κ1) is 19.8. The third-order valence-electron chi connectivity index (χ3n) is 4.09. The summed E-state index contributed by atoms with van der Waals surface area (Å²) in [5.41, 5.74) is 0.224. The second-order valence-corrected chi connectivity index (χ2v) is 6.41. The maximum Gasteiger partial charge on any atom is 0.145 e. The van der Waals surface area contributed by atoms with Crippen molar-refractivity contribution in [3.8, 4) is 0 Å². The Morgan fingerprint density at radius 2 is 1.91 bits per heavy atom. The molecule has 0 saturated carbocycles. The summed E-state index contributed by atoms with van der Waals surface area (Å²) in [7, 11) is 0. The highest BCUT2D eigenvalue weighted by atomic mass is 79.9. The van der Waals surface area contributed by atoms with Crippen molar-refractivity contribution in [2.24, 2.45) is 0 Å². The molecular formula is C16H24BrClF2N2. The lowest BCUT2D eigenvalue weighted by molar-refractivity contribution is 0.156. The van der Waals surface area contributed by atoms with Crippen LogP contribution in [0.4, 0.5) is 8.78 Å². The molecule has 1 aromatic carbocycles. The van der Waals surface area contributed by atoms with Crippen molar-refractivity contribution in [1.29, 1.82) is 0 Å². The molecule has 1 aliphatic heterocycles. The zero-order valence-electron chi connectivity index (χ0n) is 12.9. The smallest absolute Gasteiger partial charge is 0.145 e. The summed E-state index contributed by atoms with van der Waals surface area (Å²) in [5, 5.41) is 3.29. The van der Waals surface area contributed by atoms with Gasteiger partial charge in [-0.05, 0) is 34.5 Å². The van der Waals surface area contributed by atoms with Crippen molar-refractivity contribution in [3.63, 3.8) is 0 Å². The highest BCUT2D eigenvalue weighted by Gasteiger charge is 2.28. The van der Waals surface area contributed by atoms with Gasteiger partial charge in [0, 0.05) is 37.8 Å². The average molecular weight is 398 g/mol. The Morgan fingerprint density at radius 1 is 1.23 bits per heavy atom. The van der Waals surface area contributed by atoms with Crippen LogP contribution in [0, 0.1) is 11.6 Å². The Bertz CT molecular complexity index is 468. The number of rotatable bonds is 6. The van der Waals surface area contributed by atoms with Crippen LogP contribution in [0.1, 0.15) is 44.2 Å². The molecule has 2 nitrogen and oxygen atoms in total. The largest absolute Gasteiger partial charge is 0.314 e. The van der Waals surface area contributed by atoms with Gasteiger partial charge < -0.3 is 5.32 Å². The van der Waals surface area contributed by atoms with Crippen LogP contribution in [-0.2, 0) is 0 Å². The van der Waals surface area contributed by atoms with Gasteiger partial charge in [0.15, 0.2) is 0 Å². The first-order valence-corrected chi connectivity index (χ1v) is 8.52. The Morgan fingerprint density at radius 3 is 2.55 bits per heavy atom. The van der Waals surface area contributed by atoms with Crippen molar-refractivity contribution in [2.75, 3.05) is 26.2 Å². The van der Waals surface area contributed by atoms with E-state index in [1.165, 1.54) is 12.1 Å². The first-order chi connectivity index (χ1) is 10.1. The molecule has 0 radical (unpaired) electrons. The fourth-order valence-electron chi connectivity index (χ4n) is 2.94. The Kier molecular flexibility index (Phi) is 8.83. The number of benzene rings is 1. The number of nitrogens with one attached hydrogen (secondary N) is 1. The molecule has 1 N–H and O–H groups in total. The van der Waals surface area contributed by atoms with E-state index in [9.17, 15) is 8.78 Å². The van der Waals surface area contributed by atoms with Gasteiger partial charge in [-0.25, -0.2) is 8.78 Å². The normalized spacial score (nSPS) is 17.1. The SMILES string of the molecule is CCCCC[C@H](c1c(F)ccc(Br)c1F)N1CCNCC1.Cl. The molecule has 1 aromatic rings. The zero-order chi connectivity index (χ0) is 15.2. The molecule has 0 aromatic heterocycles. The van der Waals surface area contributed by atoms with Gasteiger partial charge in [0.2, 0.25) is 0 Å². The summed E-state index contributed by atoms with van der Waals surface area (Å²) in [4.78, 5) is 2.21. The van der Waals surface area contributed by atoms with Crippen molar-refractivity contribution < 1.29 is 8.78 Å². The van der Waals surface area contributed by atoms with Crippen LogP contribution in [0.5, 0.6) is 0 Å². The predicted molar refractivity (Wildman–Crippen MR) is 92.6 cm³/mol. The summed E-state index contributed by atoms with van der Waals surface area (Å²) in [5.74, 6) is -0.884. The zero-order valence-corrected chi connectivity index (χ0v) is 15.3. The average Bonchev–Trinajstić information content (AvgIpc) is 2.51. The fourth-order valence-corrected chi connectivity index (χ4v) is 3.28. The highest BCUT2D eigenvalue weighted by molar-refractivity contribution is 9.10. The molecule has 2 rings (SSSR count). The standard InChI is InChI=1S/C16H23BrF2N2.ClH/c1-2-3-4-5-14(21-10-8-20-9-11-21)15-13(18)7-6-12(17)16(15)19;/h6-7,14,20H,2-5,8-11H2,1H3;1H/t14-;/m1./s1. The van der Waals surface area contributed by atoms with E-state index in [0.29, 0.717) is 4.47 Å². The van der Waals surface area contributed by atoms with E-state index in [0.717, 1.165) is 51.9 Å². The van der Waals surface area contributed by atoms with E-state index in [4.69, 9.17) is 0 Å². The van der Waals surface area contributed by atoms with Gasteiger partial charge in [0.05, 0.1) is 4.47 Å². The van der Waals surface area contributed by atoms with Gasteiger partial charge in [-0.3, -0.25) is 4.90 Å². The van der Waals surface area contributed by atoms with E-state index in [1.54, 1.807) is 0 Å². The molecule has 1 aliphatic rings. The van der Waals surface area contributed by atoms with Crippen molar-refractivity contribution in [3.05, 3.63) is 33.8 Å². The summed E-state index contributed by atoms with van der Waals surface area (Å²) in [6.45, 7) is 5.56. The van der Waals surface area contributed by atoms with Crippen LogP contribution in [0.25, 0.3) is 0 Å². The van der Waals surface area contributed by atoms with Gasteiger partial charge in [0.1, 0.15) is 11.6 Å². The number of hydrogen-bond acceptors (Lipinski definition) is 2. The van der Waals surface area contributed by atoms with Gasteiger partial charge >= 0.3 is 0 Å². The van der Waals surface area contributed by atoms with Crippen LogP contribution in [-0.4, -0.2) is 31.1 Å². The predicted octanol–water partition coefficient (Wildman–Crippen LogP) is 4.68. The third kappa shape index (κ3) is 4.88. The van der Waals surface area contributed by atoms with Gasteiger partial charge in [-0.15, -0.1) is 12.4 Å². The molecule has 22 heavy (non-hydrogen) atoms. The third-order valence-corrected chi connectivity index (χ3v) is 4.70. The Balaban J connectivity index is 0.00000242. The van der Waals surface area contributed by atoms with Gasteiger partial charge in [-0.2, -0.15) is 0 Å². The molecule has 1 saturated heterocycles. The minimum absolute atomic E-state index is 0. The van der Waals surface area contributed by atoms with Crippen LogP contribution < -0.4 is 5.32 Å². The van der Waals surface area contributed by atoms with Gasteiger partial charge in [0.25, 0.3) is 0 Å². The quantitative estimate of drug-likeness (QED) is 0.554. The molecule has 126 valence electrons. The molecule has 6 heteroatoms. The van der Waals surface area contributed by atoms with E-state index in [1.807, 2.05) is 0 Å². The highest BCUT2D eigenvalue weighted by Crippen LogP contribution is 2.33. The van der Waals surface area contributed by atoms with Crippen LogP contribution in [0.2, 0.25) is 0 Å². The number of piperazine rings is 1. The monoisotopic (exact) mass is 396 g/mol. The van der Waals surface area contributed by atoms with Crippen LogP contribution in [0.15, 0.2) is 16.6 Å². The molecule has 1 atom stereocenters. The van der Waals surface area contributed by atoms with E-state index >= 15 is 0 Å². The number of nitrogens with zero attached hydrogens (tertiary/aromatic N) is 1. The molecule has 0 aliphatic carbocycles. The molecule has 1 fully saturated rings. The minimum Gasteiger partial charge on any atom is -0.314 e. The van der Waals surface area contributed by atoms with Crippen molar-refractivity contribution >= 4 is 28.3 Å². The molecule has 0 amide bonds. The van der Waals surface area contributed by atoms with E-state index < -0.39 is 11.6 Å². The summed E-state index contributed by atoms with van der Waals surface area (Å²) >= 11 is 3.18. The number of halogens is 4. The molecule has 0 unspecified atom stereocenters. The summed E-state index contributed by atoms with van der Waals surface area (Å²) in [6.07, 6.45) is 4.01. The molecule has 0 spiro atoms. The van der Waals surface area contributed by atoms with Crippen LogP contribution >= 0.6 is 28.3 Å². The second kappa shape index (κ2) is 9.81. The topological polar surface area (TPSA) is 15.3 Å². The second-order valence-electron chi connectivity index (χ2n) is 5.55. The summed E-state index contributed by atoms with van der Waals surface area (Å²) in [6, 6.07) is 2.63. The number of unbranched alkanes of at least 4 members (excludes halogenated alkanes) is 2. The lowest BCUT2D eigenvalue weighted by Gasteiger charge is -2.35. The minimum atomic E-state index is -0.449. The van der Waals surface area contributed by atoms with Gasteiger partial charge in [-0.1, -0.05) is 26.2 Å². The lowest BCUT2D eigenvalue weighted by atomic mass is 9.97. The molecule has 1 heterocycles. The summed E-state index contributed by atoms with van der Waals surface area (Å²) < 4.78 is 29.0. The van der Waals surface area contributed by atoms with E-state index in [2.05, 4.69) is 33.1 Å².